The van der Waals surface area contributed by atoms with E-state index in [0.29, 0.717) is 17.2 Å². The van der Waals surface area contributed by atoms with Gasteiger partial charge in [-0.25, -0.2) is 14.2 Å². The molecule has 1 heterocycles. The number of carbonyl (C=O) groups excluding carboxylic acids is 1. The van der Waals surface area contributed by atoms with Gasteiger partial charge in [0.05, 0.1) is 7.11 Å². The number of nitrogens with zero attached hydrogens (tertiary/aromatic N) is 1. The van der Waals surface area contributed by atoms with Crippen molar-refractivity contribution in [3.8, 4) is 5.75 Å². The molecule has 0 atom stereocenters. The van der Waals surface area contributed by atoms with Gasteiger partial charge in [-0.2, -0.15) is 0 Å². The van der Waals surface area contributed by atoms with Crippen LogP contribution >= 0.6 is 0 Å². The van der Waals surface area contributed by atoms with Gasteiger partial charge < -0.3 is 9.47 Å². The molecule has 0 amide bonds. The number of aliphatic imine (C=N–C) groups is 1. The first-order valence-electron chi connectivity index (χ1n) is 7.03. The number of benzene rings is 1. The second-order valence-corrected chi connectivity index (χ2v) is 5.24. The molecule has 3 rings (SSSR count). The Morgan fingerprint density at radius 2 is 2.14 bits per heavy atom. The Morgan fingerprint density at radius 3 is 2.86 bits per heavy atom. The van der Waals surface area contributed by atoms with Gasteiger partial charge in [0.2, 0.25) is 5.90 Å². The lowest BCUT2D eigenvalue weighted by atomic mass is 10.1. The molecule has 1 fully saturated rings. The van der Waals surface area contributed by atoms with Crippen molar-refractivity contribution in [2.24, 2.45) is 10.9 Å². The monoisotopic (exact) mass is 289 g/mol. The number of esters is 1. The Balaban J connectivity index is 1.92. The molecular formula is C16H16FNO3. The van der Waals surface area contributed by atoms with Crippen LogP contribution in [-0.4, -0.2) is 19.0 Å². The minimum atomic E-state index is -0.483. The van der Waals surface area contributed by atoms with E-state index >= 15 is 0 Å². The van der Waals surface area contributed by atoms with Crippen LogP contribution in [0.2, 0.25) is 0 Å². The van der Waals surface area contributed by atoms with E-state index in [-0.39, 0.29) is 11.6 Å². The van der Waals surface area contributed by atoms with Crippen molar-refractivity contribution in [2.45, 2.75) is 25.7 Å². The van der Waals surface area contributed by atoms with Crippen LogP contribution in [0, 0.1) is 11.7 Å². The molecule has 0 spiro atoms. The summed E-state index contributed by atoms with van der Waals surface area (Å²) in [4.78, 5) is 16.2. The fourth-order valence-electron chi connectivity index (χ4n) is 2.74. The van der Waals surface area contributed by atoms with Gasteiger partial charge in [0, 0.05) is 11.5 Å². The summed E-state index contributed by atoms with van der Waals surface area (Å²) in [5.74, 6) is 0.340. The summed E-state index contributed by atoms with van der Waals surface area (Å²) in [7, 11) is 1.50. The van der Waals surface area contributed by atoms with E-state index in [1.807, 2.05) is 0 Å². The third kappa shape index (κ3) is 2.82. The highest BCUT2D eigenvalue weighted by Crippen LogP contribution is 2.31. The van der Waals surface area contributed by atoms with Crippen LogP contribution in [0.3, 0.4) is 0 Å². The summed E-state index contributed by atoms with van der Waals surface area (Å²) in [6, 6.07) is 4.13. The maximum atomic E-state index is 13.3. The second-order valence-electron chi connectivity index (χ2n) is 5.24. The number of methoxy groups -OCH3 is 1. The zero-order valence-corrected chi connectivity index (χ0v) is 11.8. The zero-order chi connectivity index (χ0) is 14.8. The van der Waals surface area contributed by atoms with Crippen LogP contribution in [0.1, 0.15) is 31.2 Å². The summed E-state index contributed by atoms with van der Waals surface area (Å²) in [6.45, 7) is 0. The van der Waals surface area contributed by atoms with E-state index in [1.54, 1.807) is 0 Å². The predicted octanol–water partition coefficient (Wildman–Crippen LogP) is 3.32. The lowest BCUT2D eigenvalue weighted by Gasteiger charge is -2.05. The van der Waals surface area contributed by atoms with Gasteiger partial charge in [-0.3, -0.25) is 0 Å². The van der Waals surface area contributed by atoms with Crippen molar-refractivity contribution < 1.29 is 18.7 Å². The van der Waals surface area contributed by atoms with Crippen molar-refractivity contribution in [2.75, 3.05) is 7.11 Å². The van der Waals surface area contributed by atoms with E-state index in [1.165, 1.54) is 31.4 Å². The first kappa shape index (κ1) is 13.8. The van der Waals surface area contributed by atoms with Crippen LogP contribution in [0.4, 0.5) is 4.39 Å². The number of halogens is 1. The third-order valence-corrected chi connectivity index (χ3v) is 3.83. The Kier molecular flexibility index (Phi) is 3.73. The number of hydrogen-bond donors (Lipinski definition) is 0. The molecule has 0 aromatic heterocycles. The fourth-order valence-corrected chi connectivity index (χ4v) is 2.74. The molecule has 1 saturated carbocycles. The predicted molar refractivity (Wildman–Crippen MR) is 76.4 cm³/mol. The van der Waals surface area contributed by atoms with Crippen molar-refractivity contribution in [1.82, 2.24) is 0 Å². The molecule has 2 aliphatic rings. The summed E-state index contributed by atoms with van der Waals surface area (Å²) < 4.78 is 23.7. The van der Waals surface area contributed by atoms with E-state index in [2.05, 4.69) is 4.99 Å². The minimum absolute atomic E-state index is 0.195. The van der Waals surface area contributed by atoms with Crippen LogP contribution in [0.15, 0.2) is 28.9 Å². The highest BCUT2D eigenvalue weighted by atomic mass is 19.1. The highest BCUT2D eigenvalue weighted by molar-refractivity contribution is 6.08. The van der Waals surface area contributed by atoms with Crippen molar-refractivity contribution in [3.63, 3.8) is 0 Å². The molecule has 110 valence electrons. The van der Waals surface area contributed by atoms with Crippen LogP contribution in [0.5, 0.6) is 5.75 Å². The van der Waals surface area contributed by atoms with E-state index in [4.69, 9.17) is 9.47 Å². The smallest absolute Gasteiger partial charge is 0.363 e. The Labute approximate surface area is 122 Å². The topological polar surface area (TPSA) is 47.9 Å². The standard InChI is InChI=1S/C16H16FNO3/c1-20-14-7-6-12(17)8-11(14)9-13-16(19)21-15(18-13)10-4-2-3-5-10/h6-10H,2-5H2,1H3/b13-9+. The number of ether oxygens (including phenoxy) is 2. The highest BCUT2D eigenvalue weighted by Gasteiger charge is 2.31. The maximum absolute atomic E-state index is 13.3. The van der Waals surface area contributed by atoms with Crippen LogP contribution in [0.25, 0.3) is 6.08 Å². The van der Waals surface area contributed by atoms with Gasteiger partial charge in [0.1, 0.15) is 11.6 Å². The maximum Gasteiger partial charge on any atom is 0.363 e. The first-order chi connectivity index (χ1) is 10.2. The van der Waals surface area contributed by atoms with E-state index in [0.717, 1.165) is 25.7 Å². The van der Waals surface area contributed by atoms with Gasteiger partial charge in [0.25, 0.3) is 0 Å². The van der Waals surface area contributed by atoms with Crippen LogP contribution in [-0.2, 0) is 9.53 Å². The molecule has 1 aromatic carbocycles. The SMILES string of the molecule is COc1ccc(F)cc1/C=C1/N=C(C2CCCC2)OC1=O. The minimum Gasteiger partial charge on any atom is -0.496 e. The number of hydrogen-bond acceptors (Lipinski definition) is 4. The van der Waals surface area contributed by atoms with Gasteiger partial charge in [-0.05, 0) is 37.1 Å². The normalized spacial score (nSPS) is 20.8. The second kappa shape index (κ2) is 5.68. The third-order valence-electron chi connectivity index (χ3n) is 3.83. The Morgan fingerprint density at radius 1 is 1.38 bits per heavy atom. The molecule has 0 unspecified atom stereocenters. The van der Waals surface area contributed by atoms with Gasteiger partial charge >= 0.3 is 5.97 Å². The summed E-state index contributed by atoms with van der Waals surface area (Å²) in [5.41, 5.74) is 0.668. The molecule has 21 heavy (non-hydrogen) atoms. The molecule has 1 aliphatic heterocycles. The van der Waals surface area contributed by atoms with E-state index < -0.39 is 11.8 Å². The molecule has 4 nitrogen and oxygen atoms in total. The number of carbonyl (C=O) groups is 1. The summed E-state index contributed by atoms with van der Waals surface area (Å²) in [6.07, 6.45) is 5.79. The first-order valence-corrected chi connectivity index (χ1v) is 7.03. The van der Waals surface area contributed by atoms with E-state index in [9.17, 15) is 9.18 Å². The molecule has 0 radical (unpaired) electrons. The summed E-state index contributed by atoms with van der Waals surface area (Å²) >= 11 is 0. The van der Waals surface area contributed by atoms with Gasteiger partial charge in [-0.1, -0.05) is 12.8 Å². The molecule has 0 saturated heterocycles. The number of cyclic esters (lactones) is 1. The average molecular weight is 289 g/mol. The molecule has 1 aliphatic carbocycles. The molecule has 0 bridgehead atoms. The van der Waals surface area contributed by atoms with Crippen molar-refractivity contribution in [3.05, 3.63) is 35.3 Å². The lowest BCUT2D eigenvalue weighted by Crippen LogP contribution is -2.12. The average Bonchev–Trinajstić information content (AvgIpc) is 3.10. The summed E-state index contributed by atoms with van der Waals surface area (Å²) in [5, 5.41) is 0. The van der Waals surface area contributed by atoms with Crippen LogP contribution < -0.4 is 4.74 Å². The molecule has 1 aromatic rings. The molecule has 0 N–H and O–H groups in total. The molecular weight excluding hydrogens is 273 g/mol. The largest absolute Gasteiger partial charge is 0.496 e. The van der Waals surface area contributed by atoms with Crippen molar-refractivity contribution >= 4 is 17.9 Å². The Bertz CT molecular complexity index is 630. The molecule has 5 heteroatoms. The Hall–Kier alpha value is -2.17. The number of rotatable bonds is 3. The van der Waals surface area contributed by atoms with Crippen molar-refractivity contribution in [1.29, 1.82) is 0 Å². The zero-order valence-electron chi connectivity index (χ0n) is 11.8. The quantitative estimate of drug-likeness (QED) is 0.633. The lowest BCUT2D eigenvalue weighted by molar-refractivity contribution is -0.130. The van der Waals surface area contributed by atoms with Gasteiger partial charge in [-0.15, -0.1) is 0 Å². The van der Waals surface area contributed by atoms with Gasteiger partial charge in [0.15, 0.2) is 5.70 Å². The fraction of sp³-hybridized carbons (Fsp3) is 0.375.